The van der Waals surface area contributed by atoms with Crippen LogP contribution in [0.3, 0.4) is 0 Å². The van der Waals surface area contributed by atoms with Crippen molar-refractivity contribution in [3.05, 3.63) is 0 Å². The third kappa shape index (κ3) is 6.92. The largest absolute Gasteiger partial charge is 0.466 e. The van der Waals surface area contributed by atoms with E-state index in [-0.39, 0.29) is 24.8 Å². The van der Waals surface area contributed by atoms with Crippen LogP contribution in [0.1, 0.15) is 65.2 Å². The van der Waals surface area contributed by atoms with Crippen LogP contribution in [0.15, 0.2) is 0 Å². The molecule has 0 amide bonds. The van der Waals surface area contributed by atoms with Crippen molar-refractivity contribution in [3.8, 4) is 0 Å². The van der Waals surface area contributed by atoms with Crippen LogP contribution in [0, 0.1) is 11.8 Å². The molecule has 0 saturated heterocycles. The highest BCUT2D eigenvalue weighted by Crippen LogP contribution is 2.33. The monoisotopic (exact) mass is 284 g/mol. The van der Waals surface area contributed by atoms with E-state index >= 15 is 0 Å². The predicted molar refractivity (Wildman–Crippen MR) is 77.2 cm³/mol. The van der Waals surface area contributed by atoms with E-state index in [1.54, 1.807) is 6.92 Å². The Bertz CT molecular complexity index is 295. The average molecular weight is 284 g/mol. The summed E-state index contributed by atoms with van der Waals surface area (Å²) in [6, 6.07) is 0. The van der Waals surface area contributed by atoms with Gasteiger partial charge in [-0.25, -0.2) is 0 Å². The summed E-state index contributed by atoms with van der Waals surface area (Å²) < 4.78 is 9.90. The summed E-state index contributed by atoms with van der Waals surface area (Å²) in [6.07, 6.45) is 7.75. The molecule has 0 aromatic heterocycles. The second kappa shape index (κ2) is 9.78. The molecule has 0 bridgehead atoms. The Labute approximate surface area is 122 Å². The van der Waals surface area contributed by atoms with Gasteiger partial charge in [0.05, 0.1) is 26.1 Å². The Morgan fingerprint density at radius 3 is 2.30 bits per heavy atom. The average Bonchev–Trinajstić information content (AvgIpc) is 2.95. The Kier molecular flexibility index (Phi) is 8.31. The lowest BCUT2D eigenvalue weighted by atomic mass is 9.89. The minimum Gasteiger partial charge on any atom is -0.466 e. The van der Waals surface area contributed by atoms with Gasteiger partial charge in [-0.1, -0.05) is 32.6 Å². The number of ether oxygens (including phenoxy) is 2. The van der Waals surface area contributed by atoms with E-state index in [9.17, 15) is 9.59 Å². The van der Waals surface area contributed by atoms with Gasteiger partial charge in [0, 0.05) is 0 Å². The highest BCUT2D eigenvalue weighted by atomic mass is 16.5. The molecule has 1 rings (SSSR count). The van der Waals surface area contributed by atoms with E-state index in [1.807, 2.05) is 0 Å². The van der Waals surface area contributed by atoms with E-state index in [0.717, 1.165) is 24.7 Å². The first-order valence-corrected chi connectivity index (χ1v) is 7.94. The van der Waals surface area contributed by atoms with E-state index in [2.05, 4.69) is 6.92 Å². The van der Waals surface area contributed by atoms with E-state index in [4.69, 9.17) is 9.47 Å². The van der Waals surface area contributed by atoms with Crippen LogP contribution in [0.25, 0.3) is 0 Å². The first kappa shape index (κ1) is 17.0. The van der Waals surface area contributed by atoms with Crippen LogP contribution < -0.4 is 0 Å². The van der Waals surface area contributed by atoms with Crippen LogP contribution >= 0.6 is 0 Å². The first-order valence-electron chi connectivity index (χ1n) is 7.94. The molecule has 0 N–H and O–H groups in total. The van der Waals surface area contributed by atoms with E-state index in [1.165, 1.54) is 25.7 Å². The minimum atomic E-state index is -0.334. The van der Waals surface area contributed by atoms with Gasteiger partial charge < -0.3 is 9.47 Å². The van der Waals surface area contributed by atoms with Crippen molar-refractivity contribution in [1.82, 2.24) is 0 Å². The van der Waals surface area contributed by atoms with Crippen molar-refractivity contribution < 1.29 is 19.1 Å². The maximum atomic E-state index is 11.4. The summed E-state index contributed by atoms with van der Waals surface area (Å²) in [5.41, 5.74) is 0. The standard InChI is InChI=1S/C16H28O4/c1-3-19-15(17)10-11-16(18)20-12-6-7-13(2)14-8-4-5-9-14/h13-14H,3-12H2,1-2H3. The second-order valence-electron chi connectivity index (χ2n) is 5.69. The third-order valence-electron chi connectivity index (χ3n) is 4.11. The summed E-state index contributed by atoms with van der Waals surface area (Å²) in [4.78, 5) is 22.5. The number of rotatable bonds is 9. The number of hydrogen-bond acceptors (Lipinski definition) is 4. The molecule has 0 aromatic rings. The molecule has 1 aliphatic rings. The quantitative estimate of drug-likeness (QED) is 0.480. The molecule has 0 aliphatic heterocycles. The maximum absolute atomic E-state index is 11.4. The molecule has 1 unspecified atom stereocenters. The molecular formula is C16H28O4. The molecule has 20 heavy (non-hydrogen) atoms. The van der Waals surface area contributed by atoms with Gasteiger partial charge in [0.15, 0.2) is 0 Å². The molecule has 4 heteroatoms. The Hall–Kier alpha value is -1.06. The van der Waals surface area contributed by atoms with Gasteiger partial charge in [-0.05, 0) is 31.6 Å². The Morgan fingerprint density at radius 1 is 1.10 bits per heavy atom. The summed E-state index contributed by atoms with van der Waals surface area (Å²) in [5.74, 6) is 0.969. The van der Waals surface area contributed by atoms with E-state index < -0.39 is 0 Å². The van der Waals surface area contributed by atoms with Gasteiger partial charge >= 0.3 is 11.9 Å². The highest BCUT2D eigenvalue weighted by Gasteiger charge is 2.21. The van der Waals surface area contributed by atoms with Crippen molar-refractivity contribution in [2.75, 3.05) is 13.2 Å². The fourth-order valence-electron chi connectivity index (χ4n) is 2.86. The first-order chi connectivity index (χ1) is 9.63. The zero-order chi connectivity index (χ0) is 14.8. The topological polar surface area (TPSA) is 52.6 Å². The fraction of sp³-hybridized carbons (Fsp3) is 0.875. The molecule has 0 heterocycles. The molecule has 1 aliphatic carbocycles. The smallest absolute Gasteiger partial charge is 0.306 e. The predicted octanol–water partition coefficient (Wildman–Crippen LogP) is 3.48. The lowest BCUT2D eigenvalue weighted by molar-refractivity contribution is -0.150. The molecular weight excluding hydrogens is 256 g/mol. The Balaban J connectivity index is 1.99. The van der Waals surface area contributed by atoms with Crippen LogP contribution in [-0.2, 0) is 19.1 Å². The number of carbonyl (C=O) groups excluding carboxylic acids is 2. The molecule has 1 saturated carbocycles. The zero-order valence-corrected chi connectivity index (χ0v) is 12.9. The second-order valence-corrected chi connectivity index (χ2v) is 5.69. The van der Waals surface area contributed by atoms with Crippen molar-refractivity contribution in [2.24, 2.45) is 11.8 Å². The minimum absolute atomic E-state index is 0.116. The van der Waals surface area contributed by atoms with Gasteiger partial charge in [-0.2, -0.15) is 0 Å². The van der Waals surface area contributed by atoms with E-state index in [0.29, 0.717) is 13.2 Å². The lowest BCUT2D eigenvalue weighted by Crippen LogP contribution is -2.12. The van der Waals surface area contributed by atoms with Crippen LogP contribution in [0.2, 0.25) is 0 Å². The Morgan fingerprint density at radius 2 is 1.70 bits per heavy atom. The molecule has 0 spiro atoms. The molecule has 1 atom stereocenters. The van der Waals surface area contributed by atoms with Gasteiger partial charge in [0.1, 0.15) is 0 Å². The number of hydrogen-bond donors (Lipinski definition) is 0. The summed E-state index contributed by atoms with van der Waals surface area (Å²) in [6.45, 7) is 4.88. The van der Waals surface area contributed by atoms with Gasteiger partial charge in [-0.15, -0.1) is 0 Å². The lowest BCUT2D eigenvalue weighted by Gasteiger charge is -2.18. The molecule has 1 fully saturated rings. The molecule has 116 valence electrons. The third-order valence-corrected chi connectivity index (χ3v) is 4.11. The van der Waals surface area contributed by atoms with Crippen molar-refractivity contribution in [1.29, 1.82) is 0 Å². The normalized spacial score (nSPS) is 16.9. The SMILES string of the molecule is CCOC(=O)CCC(=O)OCCCC(C)C1CCCC1. The summed E-state index contributed by atoms with van der Waals surface area (Å²) in [7, 11) is 0. The summed E-state index contributed by atoms with van der Waals surface area (Å²) in [5, 5.41) is 0. The number of carbonyl (C=O) groups is 2. The van der Waals surface area contributed by atoms with Crippen LogP contribution in [0.5, 0.6) is 0 Å². The molecule has 0 radical (unpaired) electrons. The van der Waals surface area contributed by atoms with Gasteiger partial charge in [0.2, 0.25) is 0 Å². The maximum Gasteiger partial charge on any atom is 0.306 e. The summed E-state index contributed by atoms with van der Waals surface area (Å²) >= 11 is 0. The highest BCUT2D eigenvalue weighted by molar-refractivity contribution is 5.77. The fourth-order valence-corrected chi connectivity index (χ4v) is 2.86. The van der Waals surface area contributed by atoms with Crippen LogP contribution in [-0.4, -0.2) is 25.2 Å². The molecule has 4 nitrogen and oxygen atoms in total. The number of esters is 2. The van der Waals surface area contributed by atoms with Crippen molar-refractivity contribution in [3.63, 3.8) is 0 Å². The van der Waals surface area contributed by atoms with Gasteiger partial charge in [-0.3, -0.25) is 9.59 Å². The zero-order valence-electron chi connectivity index (χ0n) is 12.9. The van der Waals surface area contributed by atoms with Crippen molar-refractivity contribution >= 4 is 11.9 Å². The van der Waals surface area contributed by atoms with Gasteiger partial charge in [0.25, 0.3) is 0 Å². The van der Waals surface area contributed by atoms with Crippen molar-refractivity contribution in [2.45, 2.75) is 65.2 Å². The molecule has 0 aromatic carbocycles. The van der Waals surface area contributed by atoms with Crippen LogP contribution in [0.4, 0.5) is 0 Å².